The van der Waals surface area contributed by atoms with Crippen LogP contribution < -0.4 is 14.8 Å². The highest BCUT2D eigenvalue weighted by Crippen LogP contribution is 2.46. The number of fused-ring (bicyclic) bond motifs is 1. The quantitative estimate of drug-likeness (QED) is 0.844. The van der Waals surface area contributed by atoms with Gasteiger partial charge in [0.05, 0.1) is 5.60 Å². The van der Waals surface area contributed by atoms with Gasteiger partial charge < -0.3 is 19.9 Å². The summed E-state index contributed by atoms with van der Waals surface area (Å²) in [5, 5.41) is 12.5. The predicted octanol–water partition coefficient (Wildman–Crippen LogP) is 2.23. The lowest BCUT2D eigenvalue weighted by molar-refractivity contribution is -0.122. The summed E-state index contributed by atoms with van der Waals surface area (Å²) >= 11 is 0. The molecule has 0 saturated heterocycles. The Morgan fingerprint density at radius 2 is 2.00 bits per heavy atom. The highest BCUT2D eigenvalue weighted by molar-refractivity contribution is 5.77. The van der Waals surface area contributed by atoms with E-state index < -0.39 is 5.60 Å². The van der Waals surface area contributed by atoms with E-state index in [0.717, 1.165) is 29.9 Å². The molecule has 0 spiro atoms. The van der Waals surface area contributed by atoms with Crippen LogP contribution >= 0.6 is 0 Å². The van der Waals surface area contributed by atoms with Gasteiger partial charge in [0.2, 0.25) is 5.91 Å². The third-order valence-electron chi connectivity index (χ3n) is 4.31. The van der Waals surface area contributed by atoms with Gasteiger partial charge >= 0.3 is 0 Å². The van der Waals surface area contributed by atoms with Gasteiger partial charge in [0.1, 0.15) is 13.2 Å². The lowest BCUT2D eigenvalue weighted by Crippen LogP contribution is -2.38. The third-order valence-corrected chi connectivity index (χ3v) is 4.31. The summed E-state index contributed by atoms with van der Waals surface area (Å²) in [6.45, 7) is 4.79. The first-order valence-electron chi connectivity index (χ1n) is 8.31. The monoisotopic (exact) mass is 319 g/mol. The molecule has 0 radical (unpaired) electrons. The van der Waals surface area contributed by atoms with Gasteiger partial charge in [0, 0.05) is 13.0 Å². The summed E-state index contributed by atoms with van der Waals surface area (Å²) in [6.07, 6.45) is 2.77. The number of hydrogen-bond donors (Lipinski definition) is 2. The summed E-state index contributed by atoms with van der Waals surface area (Å²) in [7, 11) is 0. The summed E-state index contributed by atoms with van der Waals surface area (Å²) in [5.41, 5.74) is 0.247. The average Bonchev–Trinajstić information content (AvgIpc) is 3.34. The van der Waals surface area contributed by atoms with Crippen molar-refractivity contribution in [3.63, 3.8) is 0 Å². The molecule has 5 nitrogen and oxygen atoms in total. The van der Waals surface area contributed by atoms with Crippen LogP contribution in [0.4, 0.5) is 0 Å². The molecule has 1 heterocycles. The fraction of sp³-hybridized carbons (Fsp3) is 0.611. The van der Waals surface area contributed by atoms with E-state index >= 15 is 0 Å². The lowest BCUT2D eigenvalue weighted by atomic mass is 9.90. The first-order valence-corrected chi connectivity index (χ1v) is 8.31. The SMILES string of the molecule is CC(C)(O)CNC(=O)CC(c1ccc2c(c1)OCCO2)C1CC1. The zero-order valence-electron chi connectivity index (χ0n) is 13.8. The lowest BCUT2D eigenvalue weighted by Gasteiger charge is -2.23. The molecule has 1 aromatic rings. The van der Waals surface area contributed by atoms with Crippen LogP contribution in [0.15, 0.2) is 18.2 Å². The van der Waals surface area contributed by atoms with Crippen LogP contribution in [0.1, 0.15) is 44.6 Å². The van der Waals surface area contributed by atoms with Gasteiger partial charge in [-0.1, -0.05) is 6.07 Å². The van der Waals surface area contributed by atoms with Crippen LogP contribution in [-0.4, -0.2) is 36.4 Å². The molecule has 1 amide bonds. The Labute approximate surface area is 137 Å². The number of carbonyl (C=O) groups excluding carboxylic acids is 1. The fourth-order valence-electron chi connectivity index (χ4n) is 2.93. The number of ether oxygens (including phenoxy) is 2. The maximum absolute atomic E-state index is 12.2. The molecule has 1 aliphatic heterocycles. The van der Waals surface area contributed by atoms with Crippen molar-refractivity contribution in [3.8, 4) is 11.5 Å². The van der Waals surface area contributed by atoms with Gasteiger partial charge in [-0.2, -0.15) is 0 Å². The Bertz CT molecular complexity index is 575. The van der Waals surface area contributed by atoms with Crippen LogP contribution in [0.5, 0.6) is 11.5 Å². The molecule has 1 fully saturated rings. The van der Waals surface area contributed by atoms with E-state index in [1.165, 1.54) is 0 Å². The molecule has 23 heavy (non-hydrogen) atoms. The van der Waals surface area contributed by atoms with Crippen LogP contribution in [0.3, 0.4) is 0 Å². The van der Waals surface area contributed by atoms with Gasteiger partial charge in [-0.15, -0.1) is 0 Å². The molecule has 2 aliphatic rings. The molecule has 1 saturated carbocycles. The highest BCUT2D eigenvalue weighted by Gasteiger charge is 2.34. The van der Waals surface area contributed by atoms with Gasteiger partial charge in [-0.25, -0.2) is 0 Å². The Kier molecular flexibility index (Phi) is 4.48. The second-order valence-electron chi connectivity index (χ2n) is 7.14. The Balaban J connectivity index is 1.68. The Morgan fingerprint density at radius 1 is 1.30 bits per heavy atom. The number of carbonyl (C=O) groups is 1. The minimum absolute atomic E-state index is 0.0149. The molecule has 3 rings (SSSR count). The normalized spacial score (nSPS) is 18.4. The topological polar surface area (TPSA) is 67.8 Å². The van der Waals surface area contributed by atoms with Gasteiger partial charge in [-0.05, 0) is 56.2 Å². The third kappa shape index (κ3) is 4.38. The number of amides is 1. The van der Waals surface area contributed by atoms with E-state index in [2.05, 4.69) is 5.32 Å². The molecule has 1 unspecified atom stereocenters. The van der Waals surface area contributed by atoms with Gasteiger partial charge in [0.15, 0.2) is 11.5 Å². The van der Waals surface area contributed by atoms with E-state index in [1.807, 2.05) is 18.2 Å². The van der Waals surface area contributed by atoms with Crippen molar-refractivity contribution in [3.05, 3.63) is 23.8 Å². The number of aliphatic hydroxyl groups is 1. The molecule has 0 aromatic heterocycles. The molecule has 5 heteroatoms. The summed E-state index contributed by atoms with van der Waals surface area (Å²) in [5.74, 6) is 2.30. The van der Waals surface area contributed by atoms with Crippen molar-refractivity contribution in [1.82, 2.24) is 5.32 Å². The smallest absolute Gasteiger partial charge is 0.220 e. The molecule has 1 aliphatic carbocycles. The molecule has 0 bridgehead atoms. The molecular formula is C18H25NO4. The molecule has 2 N–H and O–H groups in total. The van der Waals surface area contributed by atoms with Gasteiger partial charge in [0.25, 0.3) is 0 Å². The molecular weight excluding hydrogens is 294 g/mol. The second-order valence-corrected chi connectivity index (χ2v) is 7.14. The largest absolute Gasteiger partial charge is 0.486 e. The summed E-state index contributed by atoms with van der Waals surface area (Å²) in [4.78, 5) is 12.2. The number of nitrogens with one attached hydrogen (secondary N) is 1. The average molecular weight is 319 g/mol. The maximum Gasteiger partial charge on any atom is 0.220 e. The second kappa shape index (κ2) is 6.40. The van der Waals surface area contributed by atoms with E-state index in [-0.39, 0.29) is 18.4 Å². The minimum Gasteiger partial charge on any atom is -0.486 e. The van der Waals surface area contributed by atoms with Crippen molar-refractivity contribution in [2.24, 2.45) is 5.92 Å². The van der Waals surface area contributed by atoms with Crippen molar-refractivity contribution < 1.29 is 19.4 Å². The number of benzene rings is 1. The minimum atomic E-state index is -0.887. The van der Waals surface area contributed by atoms with Crippen LogP contribution in [-0.2, 0) is 4.79 Å². The fourth-order valence-corrected chi connectivity index (χ4v) is 2.93. The zero-order chi connectivity index (χ0) is 16.4. The summed E-state index contributed by atoms with van der Waals surface area (Å²) < 4.78 is 11.2. The van der Waals surface area contributed by atoms with E-state index in [1.54, 1.807) is 13.8 Å². The predicted molar refractivity (Wildman–Crippen MR) is 86.8 cm³/mol. The van der Waals surface area contributed by atoms with E-state index in [0.29, 0.717) is 25.6 Å². The Morgan fingerprint density at radius 3 is 2.65 bits per heavy atom. The van der Waals surface area contributed by atoms with Crippen LogP contribution in [0.25, 0.3) is 0 Å². The van der Waals surface area contributed by atoms with Crippen molar-refractivity contribution in [1.29, 1.82) is 0 Å². The zero-order valence-corrected chi connectivity index (χ0v) is 13.8. The number of rotatable bonds is 6. The van der Waals surface area contributed by atoms with Crippen molar-refractivity contribution in [2.75, 3.05) is 19.8 Å². The molecule has 1 aromatic carbocycles. The van der Waals surface area contributed by atoms with E-state index in [4.69, 9.17) is 9.47 Å². The van der Waals surface area contributed by atoms with E-state index in [9.17, 15) is 9.90 Å². The summed E-state index contributed by atoms with van der Waals surface area (Å²) in [6, 6.07) is 5.99. The highest BCUT2D eigenvalue weighted by atomic mass is 16.6. The molecule has 126 valence electrons. The standard InChI is InChI=1S/C18H25NO4/c1-18(2,21)11-19-17(20)10-14(12-3-4-12)13-5-6-15-16(9-13)23-8-7-22-15/h5-6,9,12,14,21H,3-4,7-8,10-11H2,1-2H3,(H,19,20). The first kappa shape index (κ1) is 16.1. The number of hydrogen-bond acceptors (Lipinski definition) is 4. The van der Waals surface area contributed by atoms with Crippen molar-refractivity contribution >= 4 is 5.91 Å². The van der Waals surface area contributed by atoms with Crippen LogP contribution in [0, 0.1) is 5.92 Å². The maximum atomic E-state index is 12.2. The van der Waals surface area contributed by atoms with Gasteiger partial charge in [-0.3, -0.25) is 4.79 Å². The van der Waals surface area contributed by atoms with Crippen molar-refractivity contribution in [2.45, 2.75) is 44.6 Å². The molecule has 1 atom stereocenters. The Hall–Kier alpha value is -1.75. The van der Waals surface area contributed by atoms with Crippen LogP contribution in [0.2, 0.25) is 0 Å². The first-order chi connectivity index (χ1) is 10.9.